The van der Waals surface area contributed by atoms with Crippen LogP contribution in [0.25, 0.3) is 0 Å². The largest absolute Gasteiger partial charge is 0.394 e. The van der Waals surface area contributed by atoms with Crippen molar-refractivity contribution in [3.63, 3.8) is 0 Å². The fourth-order valence-corrected chi connectivity index (χ4v) is 1.30. The average Bonchev–Trinajstić information content (AvgIpc) is 2.25. The number of halogens is 1. The lowest BCUT2D eigenvalue weighted by molar-refractivity contribution is -0.163. The first kappa shape index (κ1) is 9.85. The summed E-state index contributed by atoms with van der Waals surface area (Å²) in [6, 6.07) is 0. The van der Waals surface area contributed by atoms with Crippen molar-refractivity contribution in [1.29, 1.82) is 0 Å². The third-order valence-corrected chi connectivity index (χ3v) is 2.08. The fraction of sp³-hybridized carbons (Fsp3) is 1.00. The number of methoxy groups -OCH3 is 1. The number of hydrogen-bond donors (Lipinski definition) is 2. The summed E-state index contributed by atoms with van der Waals surface area (Å²) in [5.41, 5.74) is -1.96. The van der Waals surface area contributed by atoms with Crippen LogP contribution in [0.2, 0.25) is 0 Å². The van der Waals surface area contributed by atoms with Crippen molar-refractivity contribution < 1.29 is 24.1 Å². The molecule has 1 saturated heterocycles. The molecule has 0 spiro atoms. The Bertz CT molecular complexity index is 157. The minimum absolute atomic E-state index is 0.416. The fourth-order valence-electron chi connectivity index (χ4n) is 1.30. The molecule has 0 aromatic rings. The van der Waals surface area contributed by atoms with Gasteiger partial charge in [0.1, 0.15) is 12.2 Å². The van der Waals surface area contributed by atoms with E-state index in [4.69, 9.17) is 9.84 Å². The van der Waals surface area contributed by atoms with Crippen LogP contribution in [0.15, 0.2) is 0 Å². The van der Waals surface area contributed by atoms with Gasteiger partial charge in [0, 0.05) is 7.11 Å². The highest BCUT2D eigenvalue weighted by Gasteiger charge is 2.54. The van der Waals surface area contributed by atoms with Gasteiger partial charge in [0.2, 0.25) is 0 Å². The van der Waals surface area contributed by atoms with Crippen molar-refractivity contribution in [2.24, 2.45) is 0 Å². The van der Waals surface area contributed by atoms with Gasteiger partial charge in [-0.2, -0.15) is 0 Å². The van der Waals surface area contributed by atoms with E-state index in [2.05, 4.69) is 4.74 Å². The highest BCUT2D eigenvalue weighted by Crippen LogP contribution is 2.34. The second kappa shape index (κ2) is 3.26. The lowest BCUT2D eigenvalue weighted by atomic mass is 10.00. The monoisotopic (exact) mass is 180 g/mol. The lowest BCUT2D eigenvalue weighted by Gasteiger charge is -2.21. The van der Waals surface area contributed by atoms with Crippen molar-refractivity contribution in [3.8, 4) is 0 Å². The standard InChI is InChI=1S/C7H13FO4/c1-7(8)5(10)4(3-9)12-6(7)11-2/h4-6,9-10H,3H2,1-2H3/t4-,5+,6?,7?/m1/s1. The molecule has 5 heteroatoms. The summed E-state index contributed by atoms with van der Waals surface area (Å²) in [7, 11) is 1.29. The second-order valence-electron chi connectivity index (χ2n) is 3.02. The molecule has 4 nitrogen and oxygen atoms in total. The van der Waals surface area contributed by atoms with E-state index in [0.717, 1.165) is 0 Å². The van der Waals surface area contributed by atoms with Crippen molar-refractivity contribution >= 4 is 0 Å². The molecule has 4 atom stereocenters. The molecule has 0 aliphatic carbocycles. The second-order valence-corrected chi connectivity index (χ2v) is 3.02. The van der Waals surface area contributed by atoms with E-state index in [1.54, 1.807) is 0 Å². The van der Waals surface area contributed by atoms with E-state index >= 15 is 0 Å². The Hall–Kier alpha value is -0.230. The number of alkyl halides is 1. The van der Waals surface area contributed by atoms with Gasteiger partial charge in [0.15, 0.2) is 12.0 Å². The van der Waals surface area contributed by atoms with Crippen LogP contribution in [-0.2, 0) is 9.47 Å². The van der Waals surface area contributed by atoms with Crippen molar-refractivity contribution in [2.75, 3.05) is 13.7 Å². The summed E-state index contributed by atoms with van der Waals surface area (Å²) >= 11 is 0. The summed E-state index contributed by atoms with van der Waals surface area (Å²) < 4.78 is 23.0. The van der Waals surface area contributed by atoms with Crippen LogP contribution >= 0.6 is 0 Å². The molecule has 1 rings (SSSR count). The van der Waals surface area contributed by atoms with Gasteiger partial charge in [0.25, 0.3) is 0 Å². The Balaban J connectivity index is 2.73. The Morgan fingerprint density at radius 3 is 2.50 bits per heavy atom. The molecule has 1 heterocycles. The van der Waals surface area contributed by atoms with E-state index in [-0.39, 0.29) is 0 Å². The molecule has 72 valence electrons. The molecule has 1 aliphatic heterocycles. The van der Waals surface area contributed by atoms with Crippen LogP contribution < -0.4 is 0 Å². The molecule has 2 N–H and O–H groups in total. The smallest absolute Gasteiger partial charge is 0.194 e. The number of rotatable bonds is 2. The number of aliphatic hydroxyl groups is 2. The van der Waals surface area contributed by atoms with Crippen LogP contribution in [0.1, 0.15) is 6.92 Å². The summed E-state index contributed by atoms with van der Waals surface area (Å²) in [5.74, 6) is 0. The van der Waals surface area contributed by atoms with Crippen LogP contribution in [0.5, 0.6) is 0 Å². The van der Waals surface area contributed by atoms with Gasteiger partial charge >= 0.3 is 0 Å². The van der Waals surface area contributed by atoms with Crippen LogP contribution in [-0.4, -0.2) is 48.1 Å². The summed E-state index contributed by atoms with van der Waals surface area (Å²) in [6.07, 6.45) is -3.35. The molecule has 0 saturated carbocycles. The van der Waals surface area contributed by atoms with E-state index in [9.17, 15) is 9.50 Å². The molecule has 0 radical (unpaired) electrons. The zero-order valence-corrected chi connectivity index (χ0v) is 7.03. The lowest BCUT2D eigenvalue weighted by Crippen LogP contribution is -2.42. The molecular weight excluding hydrogens is 167 g/mol. The molecule has 2 unspecified atom stereocenters. The predicted molar refractivity (Wildman–Crippen MR) is 38.3 cm³/mol. The molecule has 12 heavy (non-hydrogen) atoms. The van der Waals surface area contributed by atoms with E-state index in [1.807, 2.05) is 0 Å². The first-order valence-electron chi connectivity index (χ1n) is 3.70. The van der Waals surface area contributed by atoms with Crippen LogP contribution in [0.3, 0.4) is 0 Å². The van der Waals surface area contributed by atoms with Gasteiger partial charge < -0.3 is 19.7 Å². The first-order chi connectivity index (χ1) is 5.54. The predicted octanol–water partition coefficient (Wildman–Crippen LogP) is -0.561. The third kappa shape index (κ3) is 1.33. The van der Waals surface area contributed by atoms with Gasteiger partial charge in [-0.15, -0.1) is 0 Å². The zero-order chi connectivity index (χ0) is 9.35. The van der Waals surface area contributed by atoms with Crippen LogP contribution in [0.4, 0.5) is 4.39 Å². The molecular formula is C7H13FO4. The molecule has 1 fully saturated rings. The van der Waals surface area contributed by atoms with Gasteiger partial charge in [-0.05, 0) is 6.92 Å². The third-order valence-electron chi connectivity index (χ3n) is 2.08. The van der Waals surface area contributed by atoms with E-state index in [1.165, 1.54) is 14.0 Å². The minimum Gasteiger partial charge on any atom is -0.394 e. The highest BCUT2D eigenvalue weighted by molar-refractivity contribution is 4.97. The maximum absolute atomic E-state index is 13.5. The Labute approximate surface area is 69.9 Å². The van der Waals surface area contributed by atoms with Gasteiger partial charge in [-0.1, -0.05) is 0 Å². The van der Waals surface area contributed by atoms with Gasteiger partial charge in [0.05, 0.1) is 6.61 Å². The normalized spacial score (nSPS) is 48.2. The molecule has 1 aliphatic rings. The minimum atomic E-state index is -1.96. The van der Waals surface area contributed by atoms with Gasteiger partial charge in [-0.3, -0.25) is 0 Å². The topological polar surface area (TPSA) is 58.9 Å². The number of aliphatic hydroxyl groups excluding tert-OH is 2. The van der Waals surface area contributed by atoms with Gasteiger partial charge in [-0.25, -0.2) is 4.39 Å². The highest BCUT2D eigenvalue weighted by atomic mass is 19.1. The quantitative estimate of drug-likeness (QED) is 0.598. The zero-order valence-electron chi connectivity index (χ0n) is 7.03. The Morgan fingerprint density at radius 2 is 2.25 bits per heavy atom. The number of hydrogen-bond acceptors (Lipinski definition) is 4. The SMILES string of the molecule is COC1O[C@H](CO)[C@H](O)C1(C)F. The maximum Gasteiger partial charge on any atom is 0.194 e. The summed E-state index contributed by atoms with van der Waals surface area (Å²) in [5, 5.41) is 18.0. The van der Waals surface area contributed by atoms with Crippen LogP contribution in [0, 0.1) is 0 Å². The Kier molecular flexibility index (Phi) is 2.67. The summed E-state index contributed by atoms with van der Waals surface area (Å²) in [6.45, 7) is 0.766. The molecule has 0 aromatic carbocycles. The first-order valence-corrected chi connectivity index (χ1v) is 3.70. The maximum atomic E-state index is 13.5. The molecule has 0 amide bonds. The average molecular weight is 180 g/mol. The molecule has 0 bridgehead atoms. The van der Waals surface area contributed by atoms with E-state index < -0.39 is 30.8 Å². The Morgan fingerprint density at radius 1 is 1.67 bits per heavy atom. The molecule has 0 aromatic heterocycles. The summed E-state index contributed by atoms with van der Waals surface area (Å²) in [4.78, 5) is 0. The van der Waals surface area contributed by atoms with Crippen molar-refractivity contribution in [2.45, 2.75) is 31.1 Å². The number of ether oxygens (including phenoxy) is 2. The van der Waals surface area contributed by atoms with Crippen molar-refractivity contribution in [1.82, 2.24) is 0 Å². The van der Waals surface area contributed by atoms with E-state index in [0.29, 0.717) is 0 Å². The van der Waals surface area contributed by atoms with Crippen molar-refractivity contribution in [3.05, 3.63) is 0 Å².